The first-order chi connectivity index (χ1) is 14.1. The van der Waals surface area contributed by atoms with Crippen molar-refractivity contribution in [2.45, 2.75) is 6.42 Å². The van der Waals surface area contributed by atoms with Gasteiger partial charge in [0.05, 0.1) is 26.8 Å². The maximum absolute atomic E-state index is 5.48. The highest BCUT2D eigenvalue weighted by Gasteiger charge is 2.17. The van der Waals surface area contributed by atoms with E-state index in [0.29, 0.717) is 23.1 Å². The van der Waals surface area contributed by atoms with Crippen LogP contribution in [0.3, 0.4) is 0 Å². The van der Waals surface area contributed by atoms with Gasteiger partial charge in [0, 0.05) is 17.5 Å². The number of para-hydroxylation sites is 1. The number of aromatic nitrogens is 2. The first kappa shape index (κ1) is 20.7. The molecule has 0 saturated carbocycles. The van der Waals surface area contributed by atoms with E-state index in [-0.39, 0.29) is 0 Å². The maximum Gasteiger partial charge on any atom is 0.203 e. The Morgan fingerprint density at radius 2 is 1.62 bits per heavy atom. The number of ether oxygens (including phenoxy) is 3. The van der Waals surface area contributed by atoms with Crippen LogP contribution in [0.15, 0.2) is 36.4 Å². The van der Waals surface area contributed by atoms with Crippen LogP contribution >= 0.6 is 0 Å². The second-order valence-corrected chi connectivity index (χ2v) is 6.91. The van der Waals surface area contributed by atoms with Gasteiger partial charge in [0.2, 0.25) is 5.75 Å². The number of benzene rings is 2. The topological polar surface area (TPSA) is 68.7 Å². The standard InChI is InChI=1S/C22H28N4O3/c1-26(2)12-8-11-23-22-16-9-6-7-10-17(16)24-21(25-22)15-13-18(27-3)20(29-5)19(14-15)28-4/h6-7,9-10,13-14H,8,11-12H2,1-5H3,(H,23,24,25). The number of rotatable bonds is 9. The lowest BCUT2D eigenvalue weighted by Gasteiger charge is -2.15. The van der Waals surface area contributed by atoms with Crippen molar-refractivity contribution in [2.75, 3.05) is 53.8 Å². The molecule has 7 heteroatoms. The minimum Gasteiger partial charge on any atom is -0.493 e. The second-order valence-electron chi connectivity index (χ2n) is 6.91. The van der Waals surface area contributed by atoms with Crippen molar-refractivity contribution in [1.29, 1.82) is 0 Å². The lowest BCUT2D eigenvalue weighted by atomic mass is 10.1. The lowest BCUT2D eigenvalue weighted by molar-refractivity contribution is 0.324. The molecule has 0 aliphatic carbocycles. The molecule has 0 spiro atoms. The molecular formula is C22H28N4O3. The fourth-order valence-electron chi connectivity index (χ4n) is 3.15. The number of fused-ring (bicyclic) bond motifs is 1. The van der Waals surface area contributed by atoms with E-state index in [0.717, 1.165) is 41.8 Å². The molecule has 3 aromatic rings. The molecule has 2 aromatic carbocycles. The van der Waals surface area contributed by atoms with Gasteiger partial charge in [-0.3, -0.25) is 0 Å². The predicted molar refractivity (Wildman–Crippen MR) is 116 cm³/mol. The Kier molecular flexibility index (Phi) is 6.72. The zero-order valence-electron chi connectivity index (χ0n) is 17.7. The molecule has 0 atom stereocenters. The Labute approximate surface area is 171 Å². The Morgan fingerprint density at radius 3 is 2.24 bits per heavy atom. The van der Waals surface area contributed by atoms with Gasteiger partial charge in [-0.2, -0.15) is 0 Å². The van der Waals surface area contributed by atoms with Crippen LogP contribution in [0.25, 0.3) is 22.3 Å². The average molecular weight is 396 g/mol. The molecule has 0 amide bonds. The molecule has 1 N–H and O–H groups in total. The number of nitrogens with one attached hydrogen (secondary N) is 1. The largest absolute Gasteiger partial charge is 0.493 e. The molecular weight excluding hydrogens is 368 g/mol. The van der Waals surface area contributed by atoms with Crippen LogP contribution in [0.2, 0.25) is 0 Å². The molecule has 0 aliphatic rings. The first-order valence-electron chi connectivity index (χ1n) is 9.53. The number of nitrogens with zero attached hydrogens (tertiary/aromatic N) is 3. The summed E-state index contributed by atoms with van der Waals surface area (Å²) in [6.07, 6.45) is 1.02. The van der Waals surface area contributed by atoms with Crippen molar-refractivity contribution in [3.63, 3.8) is 0 Å². The molecule has 7 nitrogen and oxygen atoms in total. The van der Waals surface area contributed by atoms with Crippen LogP contribution in [0.1, 0.15) is 6.42 Å². The quantitative estimate of drug-likeness (QED) is 0.553. The van der Waals surface area contributed by atoms with Gasteiger partial charge in [0.1, 0.15) is 5.82 Å². The van der Waals surface area contributed by atoms with E-state index < -0.39 is 0 Å². The van der Waals surface area contributed by atoms with Crippen molar-refractivity contribution >= 4 is 16.7 Å². The van der Waals surface area contributed by atoms with Gasteiger partial charge in [-0.25, -0.2) is 9.97 Å². The van der Waals surface area contributed by atoms with Crippen molar-refractivity contribution < 1.29 is 14.2 Å². The third kappa shape index (κ3) is 4.68. The molecule has 0 aliphatic heterocycles. The Bertz CT molecular complexity index is 950. The Hall–Kier alpha value is -3.06. The summed E-state index contributed by atoms with van der Waals surface area (Å²) in [5.74, 6) is 3.09. The molecule has 1 aromatic heterocycles. The molecule has 154 valence electrons. The van der Waals surface area contributed by atoms with Crippen molar-refractivity contribution in [1.82, 2.24) is 14.9 Å². The molecule has 3 rings (SSSR count). The molecule has 0 saturated heterocycles. The summed E-state index contributed by atoms with van der Waals surface area (Å²) < 4.78 is 16.4. The average Bonchev–Trinajstić information content (AvgIpc) is 2.75. The molecule has 0 bridgehead atoms. The highest BCUT2D eigenvalue weighted by atomic mass is 16.5. The van der Waals surface area contributed by atoms with Gasteiger partial charge >= 0.3 is 0 Å². The molecule has 1 heterocycles. The van der Waals surface area contributed by atoms with Gasteiger partial charge in [-0.15, -0.1) is 0 Å². The third-order valence-corrected chi connectivity index (χ3v) is 4.60. The summed E-state index contributed by atoms with van der Waals surface area (Å²) in [4.78, 5) is 11.7. The van der Waals surface area contributed by atoms with E-state index in [4.69, 9.17) is 24.2 Å². The summed E-state index contributed by atoms with van der Waals surface area (Å²) >= 11 is 0. The Balaban J connectivity index is 2.03. The van der Waals surface area contributed by atoms with Crippen LogP contribution in [0.5, 0.6) is 17.2 Å². The molecule has 29 heavy (non-hydrogen) atoms. The van der Waals surface area contributed by atoms with Crippen molar-refractivity contribution in [2.24, 2.45) is 0 Å². The van der Waals surface area contributed by atoms with Gasteiger partial charge in [0.15, 0.2) is 17.3 Å². The molecule has 0 fully saturated rings. The second kappa shape index (κ2) is 9.43. The number of anilines is 1. The van der Waals surface area contributed by atoms with Crippen LogP contribution in [-0.4, -0.2) is 63.4 Å². The summed E-state index contributed by atoms with van der Waals surface area (Å²) in [5, 5.41) is 4.46. The van der Waals surface area contributed by atoms with Crippen molar-refractivity contribution in [3.05, 3.63) is 36.4 Å². The minimum atomic E-state index is 0.543. The zero-order chi connectivity index (χ0) is 20.8. The normalized spacial score (nSPS) is 11.0. The first-order valence-corrected chi connectivity index (χ1v) is 9.53. The van der Waals surface area contributed by atoms with E-state index in [1.165, 1.54) is 0 Å². The SMILES string of the molecule is COc1cc(-c2nc(NCCCN(C)C)c3ccccc3n2)cc(OC)c1OC. The van der Waals surface area contributed by atoms with Crippen LogP contribution in [0.4, 0.5) is 5.82 Å². The van der Waals surface area contributed by atoms with Gasteiger partial charge in [-0.05, 0) is 51.3 Å². The fraction of sp³-hybridized carbons (Fsp3) is 0.364. The predicted octanol–water partition coefficient (Wildman–Crippen LogP) is 3.69. The highest BCUT2D eigenvalue weighted by molar-refractivity contribution is 5.90. The zero-order valence-corrected chi connectivity index (χ0v) is 17.7. The number of methoxy groups -OCH3 is 3. The number of hydrogen-bond acceptors (Lipinski definition) is 7. The molecule has 0 unspecified atom stereocenters. The maximum atomic E-state index is 5.48. The van der Waals surface area contributed by atoms with E-state index in [1.54, 1.807) is 21.3 Å². The van der Waals surface area contributed by atoms with Crippen LogP contribution in [-0.2, 0) is 0 Å². The fourth-order valence-corrected chi connectivity index (χ4v) is 3.15. The highest BCUT2D eigenvalue weighted by Crippen LogP contribution is 2.41. The number of hydrogen-bond donors (Lipinski definition) is 1. The third-order valence-electron chi connectivity index (χ3n) is 4.60. The summed E-state index contributed by atoms with van der Waals surface area (Å²) in [5.41, 5.74) is 1.67. The van der Waals surface area contributed by atoms with Gasteiger partial charge < -0.3 is 24.4 Å². The van der Waals surface area contributed by atoms with Crippen molar-refractivity contribution in [3.8, 4) is 28.6 Å². The van der Waals surface area contributed by atoms with E-state index >= 15 is 0 Å². The van der Waals surface area contributed by atoms with Crippen LogP contribution < -0.4 is 19.5 Å². The van der Waals surface area contributed by atoms with Crippen LogP contribution in [0, 0.1) is 0 Å². The summed E-state index contributed by atoms with van der Waals surface area (Å²) in [7, 11) is 8.92. The lowest BCUT2D eigenvalue weighted by Crippen LogP contribution is -2.16. The van der Waals surface area contributed by atoms with E-state index in [2.05, 4.69) is 24.3 Å². The summed E-state index contributed by atoms with van der Waals surface area (Å²) in [6, 6.07) is 11.7. The monoisotopic (exact) mass is 396 g/mol. The summed E-state index contributed by atoms with van der Waals surface area (Å²) in [6.45, 7) is 1.84. The van der Waals surface area contributed by atoms with E-state index in [9.17, 15) is 0 Å². The minimum absolute atomic E-state index is 0.543. The van der Waals surface area contributed by atoms with E-state index in [1.807, 2.05) is 36.4 Å². The van der Waals surface area contributed by atoms with Gasteiger partial charge in [0.25, 0.3) is 0 Å². The smallest absolute Gasteiger partial charge is 0.203 e. The molecule has 0 radical (unpaired) electrons. The van der Waals surface area contributed by atoms with Gasteiger partial charge in [-0.1, -0.05) is 12.1 Å². The Morgan fingerprint density at radius 1 is 0.931 bits per heavy atom.